The van der Waals surface area contributed by atoms with E-state index in [1.54, 1.807) is 0 Å². The Balaban J connectivity index is 2.46. The minimum Gasteiger partial charge on any atom is -0.464 e. The number of nitrogens with zero attached hydrogens (tertiary/aromatic N) is 1. The predicted molar refractivity (Wildman–Crippen MR) is 72.2 cm³/mol. The van der Waals surface area contributed by atoms with Crippen LogP contribution in [0.5, 0.6) is 0 Å². The van der Waals surface area contributed by atoms with Crippen LogP contribution in [0, 0.1) is 5.82 Å². The lowest BCUT2D eigenvalue weighted by Crippen LogP contribution is -2.04. The standard InChI is InChI=1S/C14H13ClFNO3/c1-3-4-11-12(14(18)19-2)17-13(20-11)8-5-6-10(16)9(15)7-8/h5-7H,3-4H2,1-2H3. The highest BCUT2D eigenvalue weighted by Gasteiger charge is 2.21. The van der Waals surface area contributed by atoms with E-state index in [0.29, 0.717) is 17.7 Å². The van der Waals surface area contributed by atoms with Crippen LogP contribution in [0.4, 0.5) is 4.39 Å². The molecule has 0 bridgehead atoms. The van der Waals surface area contributed by atoms with Crippen LogP contribution < -0.4 is 0 Å². The number of aromatic nitrogens is 1. The number of rotatable bonds is 4. The van der Waals surface area contributed by atoms with E-state index in [1.165, 1.54) is 25.3 Å². The van der Waals surface area contributed by atoms with Gasteiger partial charge in [-0.25, -0.2) is 14.2 Å². The molecule has 0 saturated carbocycles. The number of carbonyl (C=O) groups excluding carboxylic acids is 1. The van der Waals surface area contributed by atoms with E-state index < -0.39 is 11.8 Å². The lowest BCUT2D eigenvalue weighted by molar-refractivity contribution is 0.0592. The maximum atomic E-state index is 13.1. The molecule has 1 heterocycles. The predicted octanol–water partition coefficient (Wildman–Crippen LogP) is 3.87. The van der Waals surface area contributed by atoms with Gasteiger partial charge in [0.05, 0.1) is 12.1 Å². The Labute approximate surface area is 120 Å². The van der Waals surface area contributed by atoms with Gasteiger partial charge in [-0.2, -0.15) is 0 Å². The van der Waals surface area contributed by atoms with Gasteiger partial charge < -0.3 is 9.15 Å². The lowest BCUT2D eigenvalue weighted by Gasteiger charge is -1.97. The molecule has 0 aliphatic rings. The Morgan fingerprint density at radius 3 is 2.85 bits per heavy atom. The van der Waals surface area contributed by atoms with E-state index >= 15 is 0 Å². The molecule has 0 fully saturated rings. The number of hydrogen-bond acceptors (Lipinski definition) is 4. The first-order chi connectivity index (χ1) is 9.56. The van der Waals surface area contributed by atoms with Gasteiger partial charge in [0, 0.05) is 12.0 Å². The van der Waals surface area contributed by atoms with E-state index in [1.807, 2.05) is 6.92 Å². The lowest BCUT2D eigenvalue weighted by atomic mass is 10.2. The van der Waals surface area contributed by atoms with Crippen molar-refractivity contribution in [1.82, 2.24) is 4.98 Å². The Morgan fingerprint density at radius 2 is 2.25 bits per heavy atom. The van der Waals surface area contributed by atoms with Gasteiger partial charge in [0.1, 0.15) is 11.6 Å². The second-order valence-electron chi connectivity index (χ2n) is 4.16. The molecule has 4 nitrogen and oxygen atoms in total. The number of oxazole rings is 1. The molecule has 6 heteroatoms. The van der Waals surface area contributed by atoms with E-state index in [2.05, 4.69) is 9.72 Å². The number of methoxy groups -OCH3 is 1. The summed E-state index contributed by atoms with van der Waals surface area (Å²) < 4.78 is 23.4. The van der Waals surface area contributed by atoms with Crippen LogP contribution in [0.2, 0.25) is 5.02 Å². The van der Waals surface area contributed by atoms with Gasteiger partial charge in [-0.15, -0.1) is 0 Å². The van der Waals surface area contributed by atoms with Crippen molar-refractivity contribution in [3.63, 3.8) is 0 Å². The molecule has 0 atom stereocenters. The molecule has 0 spiro atoms. The number of carbonyl (C=O) groups is 1. The SMILES string of the molecule is CCCc1oc(-c2ccc(F)c(Cl)c2)nc1C(=O)OC. The van der Waals surface area contributed by atoms with Crippen LogP contribution in [0.1, 0.15) is 29.6 Å². The molecular weight excluding hydrogens is 285 g/mol. The van der Waals surface area contributed by atoms with Crippen molar-refractivity contribution in [3.05, 3.63) is 40.5 Å². The second kappa shape index (κ2) is 6.05. The number of aryl methyl sites for hydroxylation is 1. The summed E-state index contributed by atoms with van der Waals surface area (Å²) in [5.41, 5.74) is 0.647. The van der Waals surface area contributed by atoms with Gasteiger partial charge in [-0.3, -0.25) is 0 Å². The number of ether oxygens (including phenoxy) is 1. The van der Waals surface area contributed by atoms with Gasteiger partial charge >= 0.3 is 5.97 Å². The summed E-state index contributed by atoms with van der Waals surface area (Å²) in [6.07, 6.45) is 1.36. The number of benzene rings is 1. The van der Waals surface area contributed by atoms with Crippen LogP contribution in [-0.2, 0) is 11.2 Å². The van der Waals surface area contributed by atoms with Crippen LogP contribution in [0.25, 0.3) is 11.5 Å². The summed E-state index contributed by atoms with van der Waals surface area (Å²) in [4.78, 5) is 15.8. The summed E-state index contributed by atoms with van der Waals surface area (Å²) in [6.45, 7) is 1.96. The van der Waals surface area contributed by atoms with E-state index in [4.69, 9.17) is 16.0 Å². The summed E-state index contributed by atoms with van der Waals surface area (Å²) in [6, 6.07) is 4.11. The third-order valence-electron chi connectivity index (χ3n) is 2.72. The van der Waals surface area contributed by atoms with Crippen molar-refractivity contribution in [2.24, 2.45) is 0 Å². The summed E-state index contributed by atoms with van der Waals surface area (Å²) in [5.74, 6) is -0.411. The van der Waals surface area contributed by atoms with Crippen LogP contribution in [0.3, 0.4) is 0 Å². The molecule has 2 rings (SSSR count). The maximum Gasteiger partial charge on any atom is 0.360 e. The smallest absolute Gasteiger partial charge is 0.360 e. The average molecular weight is 298 g/mol. The van der Waals surface area contributed by atoms with Crippen LogP contribution in [-0.4, -0.2) is 18.1 Å². The van der Waals surface area contributed by atoms with Gasteiger partial charge in [-0.05, 0) is 24.6 Å². The normalized spacial score (nSPS) is 10.6. The summed E-state index contributed by atoms with van der Waals surface area (Å²) in [7, 11) is 1.28. The second-order valence-corrected chi connectivity index (χ2v) is 4.57. The first-order valence-corrected chi connectivity index (χ1v) is 6.48. The summed E-state index contributed by atoms with van der Waals surface area (Å²) >= 11 is 5.73. The average Bonchev–Trinajstić information content (AvgIpc) is 2.85. The van der Waals surface area contributed by atoms with E-state index in [0.717, 1.165) is 6.42 Å². The molecule has 20 heavy (non-hydrogen) atoms. The first-order valence-electron chi connectivity index (χ1n) is 6.10. The zero-order chi connectivity index (χ0) is 14.7. The van der Waals surface area contributed by atoms with Gasteiger partial charge in [0.15, 0.2) is 5.69 Å². The van der Waals surface area contributed by atoms with Gasteiger partial charge in [-0.1, -0.05) is 18.5 Å². The van der Waals surface area contributed by atoms with E-state index in [9.17, 15) is 9.18 Å². The van der Waals surface area contributed by atoms with Crippen molar-refractivity contribution in [1.29, 1.82) is 0 Å². The zero-order valence-corrected chi connectivity index (χ0v) is 11.8. The van der Waals surface area contributed by atoms with Crippen molar-refractivity contribution in [3.8, 4) is 11.5 Å². The quantitative estimate of drug-likeness (QED) is 0.804. The third kappa shape index (κ3) is 2.82. The molecule has 0 aliphatic carbocycles. The highest BCUT2D eigenvalue weighted by Crippen LogP contribution is 2.27. The van der Waals surface area contributed by atoms with E-state index in [-0.39, 0.29) is 16.6 Å². The maximum absolute atomic E-state index is 13.1. The molecule has 0 unspecified atom stereocenters. The highest BCUT2D eigenvalue weighted by atomic mass is 35.5. The molecule has 1 aromatic carbocycles. The Morgan fingerprint density at radius 1 is 1.50 bits per heavy atom. The molecule has 1 aromatic heterocycles. The topological polar surface area (TPSA) is 52.3 Å². The molecule has 106 valence electrons. The minimum atomic E-state index is -0.559. The number of hydrogen-bond donors (Lipinski definition) is 0. The fourth-order valence-corrected chi connectivity index (χ4v) is 1.94. The van der Waals surface area contributed by atoms with Crippen molar-refractivity contribution in [2.45, 2.75) is 19.8 Å². The first kappa shape index (κ1) is 14.5. The molecular formula is C14H13ClFNO3. The molecule has 0 amide bonds. The number of halogens is 2. The third-order valence-corrected chi connectivity index (χ3v) is 3.01. The minimum absolute atomic E-state index is 0.0302. The Bertz CT molecular complexity index is 639. The van der Waals surface area contributed by atoms with Gasteiger partial charge in [0.2, 0.25) is 5.89 Å². The fraction of sp³-hybridized carbons (Fsp3) is 0.286. The van der Waals surface area contributed by atoms with Crippen LogP contribution in [0.15, 0.2) is 22.6 Å². The molecule has 2 aromatic rings. The summed E-state index contributed by atoms with van der Waals surface area (Å²) in [5, 5.41) is -0.0302. The van der Waals surface area contributed by atoms with Crippen molar-refractivity contribution in [2.75, 3.05) is 7.11 Å². The van der Waals surface area contributed by atoms with Crippen LogP contribution >= 0.6 is 11.6 Å². The van der Waals surface area contributed by atoms with Crippen molar-refractivity contribution < 1.29 is 18.3 Å². The monoisotopic (exact) mass is 297 g/mol. The highest BCUT2D eigenvalue weighted by molar-refractivity contribution is 6.31. The Kier molecular flexibility index (Phi) is 4.39. The fourth-order valence-electron chi connectivity index (χ4n) is 1.76. The Hall–Kier alpha value is -1.88. The van der Waals surface area contributed by atoms with Gasteiger partial charge in [0.25, 0.3) is 0 Å². The largest absolute Gasteiger partial charge is 0.464 e. The molecule has 0 N–H and O–H groups in total. The molecule has 0 radical (unpaired) electrons. The van der Waals surface area contributed by atoms with Crippen molar-refractivity contribution >= 4 is 17.6 Å². The zero-order valence-electron chi connectivity index (χ0n) is 11.1. The molecule has 0 saturated heterocycles. The molecule has 0 aliphatic heterocycles. The number of esters is 1.